The molecule has 9 heteroatoms. The topological polar surface area (TPSA) is 125 Å². The number of nitro benzene ring substituents is 1. The number of nitro groups is 1. The van der Waals surface area contributed by atoms with Gasteiger partial charge in [0.2, 0.25) is 0 Å². The van der Waals surface area contributed by atoms with Crippen molar-refractivity contribution in [2.75, 3.05) is 18.5 Å². The number of amides is 1. The van der Waals surface area contributed by atoms with Crippen LogP contribution < -0.4 is 5.32 Å². The third-order valence-electron chi connectivity index (χ3n) is 3.78. The fraction of sp³-hybridized carbons (Fsp3) is 0.250. The molecule has 0 radical (unpaired) electrons. The molecule has 2 aromatic rings. The number of anilines is 1. The van der Waals surface area contributed by atoms with Crippen LogP contribution in [-0.4, -0.2) is 36.0 Å². The zero-order valence-electron chi connectivity index (χ0n) is 15.8. The Morgan fingerprint density at radius 3 is 2.03 bits per heavy atom. The van der Waals surface area contributed by atoms with Crippen LogP contribution in [0.4, 0.5) is 11.4 Å². The van der Waals surface area contributed by atoms with E-state index in [4.69, 9.17) is 9.47 Å². The summed E-state index contributed by atoms with van der Waals surface area (Å²) in [4.78, 5) is 45.6. The Balaban J connectivity index is 1.82. The van der Waals surface area contributed by atoms with E-state index in [2.05, 4.69) is 5.32 Å². The SMILES string of the molecule is CCCCOC(=O)c1ccc(NC(=O)COC(=O)c2ccc([N+](=O)[O-])cc2)cc1. The molecule has 0 aliphatic rings. The molecule has 0 bridgehead atoms. The summed E-state index contributed by atoms with van der Waals surface area (Å²) < 4.78 is 9.98. The number of rotatable bonds is 9. The Hall–Kier alpha value is -3.75. The van der Waals surface area contributed by atoms with Gasteiger partial charge in [-0.2, -0.15) is 0 Å². The number of nitrogens with one attached hydrogen (secondary N) is 1. The minimum Gasteiger partial charge on any atom is -0.462 e. The molecule has 0 saturated carbocycles. The molecule has 0 heterocycles. The summed E-state index contributed by atoms with van der Waals surface area (Å²) in [5.74, 6) is -1.79. The molecule has 152 valence electrons. The lowest BCUT2D eigenvalue weighted by Gasteiger charge is -2.08. The second kappa shape index (κ2) is 10.5. The molecule has 0 saturated heterocycles. The van der Waals surface area contributed by atoms with Crippen molar-refractivity contribution in [3.63, 3.8) is 0 Å². The van der Waals surface area contributed by atoms with Crippen molar-refractivity contribution in [3.8, 4) is 0 Å². The van der Waals surface area contributed by atoms with Crippen LogP contribution >= 0.6 is 0 Å². The first-order chi connectivity index (χ1) is 13.9. The number of ether oxygens (including phenoxy) is 2. The number of hydrogen-bond acceptors (Lipinski definition) is 7. The van der Waals surface area contributed by atoms with Gasteiger partial charge in [0.25, 0.3) is 11.6 Å². The van der Waals surface area contributed by atoms with Crippen molar-refractivity contribution in [1.82, 2.24) is 0 Å². The predicted octanol–water partition coefficient (Wildman–Crippen LogP) is 3.35. The van der Waals surface area contributed by atoms with Crippen LogP contribution in [0.2, 0.25) is 0 Å². The Kier molecular flexibility index (Phi) is 7.84. The van der Waals surface area contributed by atoms with Gasteiger partial charge >= 0.3 is 11.9 Å². The van der Waals surface area contributed by atoms with Crippen LogP contribution in [0.3, 0.4) is 0 Å². The van der Waals surface area contributed by atoms with Crippen LogP contribution in [-0.2, 0) is 14.3 Å². The summed E-state index contributed by atoms with van der Waals surface area (Å²) in [7, 11) is 0. The molecule has 2 aromatic carbocycles. The van der Waals surface area contributed by atoms with Crippen LogP contribution in [0.15, 0.2) is 48.5 Å². The molecular weight excluding hydrogens is 380 g/mol. The van der Waals surface area contributed by atoms with E-state index in [1.165, 1.54) is 48.5 Å². The maximum absolute atomic E-state index is 11.9. The van der Waals surface area contributed by atoms with Crippen molar-refractivity contribution in [1.29, 1.82) is 0 Å². The highest BCUT2D eigenvalue weighted by Gasteiger charge is 2.13. The standard InChI is InChI=1S/C20H20N2O7/c1-2-3-12-28-19(24)14-4-8-16(9-5-14)21-18(23)13-29-20(25)15-6-10-17(11-7-15)22(26)27/h4-11H,2-3,12-13H2,1H3,(H,21,23). The van der Waals surface area contributed by atoms with Gasteiger partial charge in [-0.3, -0.25) is 14.9 Å². The fourth-order valence-electron chi connectivity index (χ4n) is 2.21. The lowest BCUT2D eigenvalue weighted by molar-refractivity contribution is -0.384. The summed E-state index contributed by atoms with van der Waals surface area (Å²) in [5.41, 5.74) is 0.724. The number of unbranched alkanes of at least 4 members (excludes halogenated alkanes) is 1. The average molecular weight is 400 g/mol. The highest BCUT2D eigenvalue weighted by atomic mass is 16.6. The van der Waals surface area contributed by atoms with Crippen molar-refractivity contribution < 1.29 is 28.8 Å². The van der Waals surface area contributed by atoms with E-state index in [0.717, 1.165) is 12.8 Å². The number of carbonyl (C=O) groups excluding carboxylic acids is 3. The number of non-ortho nitro benzene ring substituents is 1. The average Bonchev–Trinajstić information content (AvgIpc) is 2.72. The van der Waals surface area contributed by atoms with E-state index in [1.54, 1.807) is 0 Å². The number of nitrogens with zero attached hydrogens (tertiary/aromatic N) is 1. The number of benzene rings is 2. The van der Waals surface area contributed by atoms with E-state index in [0.29, 0.717) is 17.9 Å². The lowest BCUT2D eigenvalue weighted by atomic mass is 10.2. The minimum absolute atomic E-state index is 0.0920. The molecule has 29 heavy (non-hydrogen) atoms. The van der Waals surface area contributed by atoms with Crippen LogP contribution in [0.5, 0.6) is 0 Å². The summed E-state index contributed by atoms with van der Waals surface area (Å²) in [6, 6.07) is 10.9. The second-order valence-electron chi connectivity index (χ2n) is 6.00. The summed E-state index contributed by atoms with van der Waals surface area (Å²) in [6.07, 6.45) is 1.71. The molecule has 2 rings (SSSR count). The van der Waals surface area contributed by atoms with Gasteiger partial charge in [0, 0.05) is 17.8 Å². The molecule has 0 spiro atoms. The van der Waals surface area contributed by atoms with Gasteiger partial charge in [-0.15, -0.1) is 0 Å². The van der Waals surface area contributed by atoms with Crippen molar-refractivity contribution in [2.24, 2.45) is 0 Å². The van der Waals surface area contributed by atoms with Crippen LogP contribution in [0.25, 0.3) is 0 Å². The maximum Gasteiger partial charge on any atom is 0.338 e. The smallest absolute Gasteiger partial charge is 0.338 e. The molecule has 0 atom stereocenters. The van der Waals surface area contributed by atoms with Gasteiger partial charge in [0.1, 0.15) is 0 Å². The van der Waals surface area contributed by atoms with Crippen molar-refractivity contribution in [3.05, 3.63) is 69.8 Å². The third-order valence-corrected chi connectivity index (χ3v) is 3.78. The predicted molar refractivity (Wildman–Crippen MR) is 104 cm³/mol. The van der Waals surface area contributed by atoms with E-state index < -0.39 is 29.4 Å². The second-order valence-corrected chi connectivity index (χ2v) is 6.00. The van der Waals surface area contributed by atoms with E-state index in [1.807, 2.05) is 6.92 Å². The molecule has 0 aliphatic heterocycles. The Labute approximate surface area is 166 Å². The maximum atomic E-state index is 11.9. The Morgan fingerprint density at radius 2 is 1.48 bits per heavy atom. The highest BCUT2D eigenvalue weighted by Crippen LogP contribution is 2.13. The summed E-state index contributed by atoms with van der Waals surface area (Å²) in [5, 5.41) is 13.1. The lowest BCUT2D eigenvalue weighted by Crippen LogP contribution is -2.21. The molecule has 9 nitrogen and oxygen atoms in total. The highest BCUT2D eigenvalue weighted by molar-refractivity contribution is 5.96. The van der Waals surface area contributed by atoms with E-state index >= 15 is 0 Å². The van der Waals surface area contributed by atoms with Crippen LogP contribution in [0.1, 0.15) is 40.5 Å². The fourth-order valence-corrected chi connectivity index (χ4v) is 2.21. The Bertz CT molecular complexity index is 877. The quantitative estimate of drug-likeness (QED) is 0.296. The minimum atomic E-state index is -0.778. The first-order valence-electron chi connectivity index (χ1n) is 8.89. The third kappa shape index (κ3) is 6.73. The first kappa shape index (κ1) is 21.5. The Morgan fingerprint density at radius 1 is 0.931 bits per heavy atom. The van der Waals surface area contributed by atoms with Crippen LogP contribution in [0, 0.1) is 10.1 Å². The first-order valence-corrected chi connectivity index (χ1v) is 8.89. The number of hydrogen-bond donors (Lipinski definition) is 1. The van der Waals surface area contributed by atoms with Gasteiger partial charge in [-0.05, 0) is 42.8 Å². The molecule has 1 amide bonds. The largest absolute Gasteiger partial charge is 0.462 e. The monoisotopic (exact) mass is 400 g/mol. The summed E-state index contributed by atoms with van der Waals surface area (Å²) in [6.45, 7) is 1.82. The molecule has 0 aliphatic carbocycles. The van der Waals surface area contributed by atoms with Crippen molar-refractivity contribution in [2.45, 2.75) is 19.8 Å². The van der Waals surface area contributed by atoms with Crippen molar-refractivity contribution >= 4 is 29.2 Å². The zero-order valence-corrected chi connectivity index (χ0v) is 15.8. The number of carbonyl (C=O) groups is 3. The van der Waals surface area contributed by atoms with Gasteiger partial charge in [0.05, 0.1) is 22.7 Å². The normalized spacial score (nSPS) is 10.1. The molecule has 0 fully saturated rings. The molecule has 0 aromatic heterocycles. The number of esters is 2. The van der Waals surface area contributed by atoms with Gasteiger partial charge in [-0.1, -0.05) is 13.3 Å². The van der Waals surface area contributed by atoms with Gasteiger partial charge in [-0.25, -0.2) is 9.59 Å². The van der Waals surface area contributed by atoms with Gasteiger partial charge in [0.15, 0.2) is 6.61 Å². The zero-order chi connectivity index (χ0) is 21.2. The van der Waals surface area contributed by atoms with Gasteiger partial charge < -0.3 is 14.8 Å². The van der Waals surface area contributed by atoms with E-state index in [9.17, 15) is 24.5 Å². The molecule has 0 unspecified atom stereocenters. The molecule has 1 N–H and O–H groups in total. The summed E-state index contributed by atoms with van der Waals surface area (Å²) >= 11 is 0. The van der Waals surface area contributed by atoms with E-state index in [-0.39, 0.29) is 11.3 Å². The molecular formula is C20H20N2O7.